The Morgan fingerprint density at radius 1 is 1.15 bits per heavy atom. The molecule has 7 nitrogen and oxygen atoms in total. The highest BCUT2D eigenvalue weighted by Crippen LogP contribution is 2.43. The van der Waals surface area contributed by atoms with Crippen LogP contribution in [0.2, 0.25) is 0 Å². The number of nitrogens with one attached hydrogen (secondary N) is 3. The van der Waals surface area contributed by atoms with Crippen molar-refractivity contribution in [3.05, 3.63) is 52.2 Å². The number of carbonyl (C=O) groups excluding carboxylic acids is 1. The van der Waals surface area contributed by atoms with Crippen LogP contribution in [0.5, 0.6) is 5.75 Å². The SMILES string of the molecule is CNC(=O)c1cc(OC(F)F)c(NCC#Cc2sc3c(NC4CCC(N5CC6(COC6)C5)CC4)cccc3c2CC(F)(F)F)cc1F. The minimum atomic E-state index is -4.48. The molecule has 3 fully saturated rings. The van der Waals surface area contributed by atoms with Crippen LogP contribution in [0.4, 0.5) is 37.7 Å². The molecule has 47 heavy (non-hydrogen) atoms. The lowest BCUT2D eigenvalue weighted by Crippen LogP contribution is -2.68. The molecule has 0 unspecified atom stereocenters. The van der Waals surface area contributed by atoms with Gasteiger partial charge in [-0.15, -0.1) is 11.3 Å². The second kappa shape index (κ2) is 13.4. The molecule has 1 saturated carbocycles. The van der Waals surface area contributed by atoms with E-state index in [0.29, 0.717) is 21.5 Å². The van der Waals surface area contributed by atoms with Gasteiger partial charge in [0.2, 0.25) is 0 Å². The number of hydrogen-bond donors (Lipinski definition) is 3. The maximum Gasteiger partial charge on any atom is 0.393 e. The monoisotopic (exact) mass is 680 g/mol. The Kier molecular flexibility index (Phi) is 9.51. The highest BCUT2D eigenvalue weighted by atomic mass is 32.1. The fourth-order valence-electron chi connectivity index (χ4n) is 6.67. The van der Waals surface area contributed by atoms with E-state index in [0.717, 1.165) is 81.1 Å². The molecule has 1 aliphatic carbocycles. The highest BCUT2D eigenvalue weighted by molar-refractivity contribution is 7.20. The van der Waals surface area contributed by atoms with E-state index in [4.69, 9.17) is 4.74 Å². The average Bonchev–Trinajstić information content (AvgIpc) is 3.31. The van der Waals surface area contributed by atoms with E-state index in [9.17, 15) is 31.1 Å². The van der Waals surface area contributed by atoms with E-state index in [1.807, 2.05) is 6.07 Å². The van der Waals surface area contributed by atoms with E-state index >= 15 is 0 Å². The van der Waals surface area contributed by atoms with E-state index < -0.39 is 42.2 Å². The molecule has 3 heterocycles. The Morgan fingerprint density at radius 2 is 1.89 bits per heavy atom. The summed E-state index contributed by atoms with van der Waals surface area (Å²) in [6, 6.07) is 7.69. The second-order valence-corrected chi connectivity index (χ2v) is 13.4. The van der Waals surface area contributed by atoms with E-state index in [-0.39, 0.29) is 28.7 Å². The quantitative estimate of drug-likeness (QED) is 0.174. The van der Waals surface area contributed by atoms with Gasteiger partial charge in [0.15, 0.2) is 0 Å². The number of amides is 1. The van der Waals surface area contributed by atoms with Gasteiger partial charge in [0, 0.05) is 43.7 Å². The van der Waals surface area contributed by atoms with Crippen LogP contribution in [0.1, 0.15) is 46.5 Å². The van der Waals surface area contributed by atoms with Crippen LogP contribution in [0.3, 0.4) is 0 Å². The number of thiophene rings is 1. The molecule has 0 bridgehead atoms. The Labute approximate surface area is 272 Å². The first-order valence-corrected chi connectivity index (χ1v) is 16.2. The molecular formula is C33H34F6N4O3S. The Bertz CT molecular complexity index is 1680. The molecule has 2 saturated heterocycles. The number of alkyl halides is 5. The van der Waals surface area contributed by atoms with E-state index in [1.54, 1.807) is 12.1 Å². The smallest absolute Gasteiger partial charge is 0.393 e. The summed E-state index contributed by atoms with van der Waals surface area (Å²) in [5, 5.41) is 8.94. The van der Waals surface area contributed by atoms with Crippen molar-refractivity contribution >= 4 is 38.7 Å². The van der Waals surface area contributed by atoms with Crippen LogP contribution >= 0.6 is 11.3 Å². The van der Waals surface area contributed by atoms with Crippen LogP contribution < -0.4 is 20.7 Å². The van der Waals surface area contributed by atoms with Crippen LogP contribution in [0.15, 0.2) is 30.3 Å². The molecule has 0 atom stereocenters. The molecule has 14 heteroatoms. The van der Waals surface area contributed by atoms with Crippen molar-refractivity contribution in [1.29, 1.82) is 0 Å². The van der Waals surface area contributed by atoms with Gasteiger partial charge in [-0.1, -0.05) is 24.0 Å². The Hall–Kier alpha value is -3.67. The van der Waals surface area contributed by atoms with Gasteiger partial charge in [0.05, 0.1) is 52.7 Å². The van der Waals surface area contributed by atoms with Gasteiger partial charge >= 0.3 is 12.8 Å². The van der Waals surface area contributed by atoms with Crippen molar-refractivity contribution in [3.63, 3.8) is 0 Å². The number of halogens is 6. The molecule has 252 valence electrons. The van der Waals surface area contributed by atoms with Crippen LogP contribution in [0, 0.1) is 23.1 Å². The van der Waals surface area contributed by atoms with Crippen molar-refractivity contribution in [2.45, 2.75) is 57.0 Å². The molecular weight excluding hydrogens is 646 g/mol. The zero-order valence-electron chi connectivity index (χ0n) is 25.5. The first-order valence-electron chi connectivity index (χ1n) is 15.4. The number of fused-ring (bicyclic) bond motifs is 1. The number of rotatable bonds is 9. The fourth-order valence-corrected chi connectivity index (χ4v) is 7.84. The van der Waals surface area contributed by atoms with Gasteiger partial charge in [-0.3, -0.25) is 9.69 Å². The molecule has 1 spiro atoms. The number of nitrogens with zero attached hydrogens (tertiary/aromatic N) is 1. The molecule has 3 N–H and O–H groups in total. The summed E-state index contributed by atoms with van der Waals surface area (Å²) in [4.78, 5) is 14.7. The molecule has 2 aromatic carbocycles. The zero-order chi connectivity index (χ0) is 33.3. The molecule has 1 aromatic heterocycles. The van der Waals surface area contributed by atoms with Gasteiger partial charge in [0.1, 0.15) is 11.6 Å². The van der Waals surface area contributed by atoms with E-state index in [2.05, 4.69) is 37.4 Å². The maximum absolute atomic E-state index is 14.5. The third-order valence-corrected chi connectivity index (χ3v) is 10.2. The molecule has 3 aromatic rings. The van der Waals surface area contributed by atoms with Crippen molar-refractivity contribution in [2.24, 2.45) is 5.41 Å². The van der Waals surface area contributed by atoms with Gasteiger partial charge < -0.3 is 25.4 Å². The standard InChI is InChI=1S/C33H34F6N4O3S/c1-40-30(44)22-12-27(46-31(35)36)26(13-24(22)34)41-11-3-6-28-23(14-33(37,38)39)21-4-2-5-25(29(21)47-28)42-19-7-9-20(10-8-19)43-15-32(16-43)17-45-18-32/h2,4-5,12-13,19-20,31,41-42H,7-11,14-18H2,1H3,(H,40,44). The summed E-state index contributed by atoms with van der Waals surface area (Å²) in [5.41, 5.74) is 0.515. The normalized spacial score (nSPS) is 20.7. The van der Waals surface area contributed by atoms with Crippen molar-refractivity contribution in [2.75, 3.05) is 50.5 Å². The van der Waals surface area contributed by atoms with Gasteiger partial charge in [0.25, 0.3) is 5.91 Å². The summed E-state index contributed by atoms with van der Waals surface area (Å²) in [7, 11) is 1.26. The van der Waals surface area contributed by atoms with E-state index in [1.165, 1.54) is 7.05 Å². The molecule has 1 amide bonds. The lowest BCUT2D eigenvalue weighted by molar-refractivity contribution is -0.200. The summed E-state index contributed by atoms with van der Waals surface area (Å²) in [5.74, 6) is 3.24. The average molecular weight is 681 g/mol. The summed E-state index contributed by atoms with van der Waals surface area (Å²) < 4.78 is 92.2. The number of anilines is 2. The van der Waals surface area contributed by atoms with Crippen molar-refractivity contribution in [1.82, 2.24) is 10.2 Å². The predicted molar refractivity (Wildman–Crippen MR) is 168 cm³/mol. The van der Waals surface area contributed by atoms with Crippen molar-refractivity contribution in [3.8, 4) is 17.6 Å². The largest absolute Gasteiger partial charge is 0.433 e. The molecule has 2 aliphatic heterocycles. The topological polar surface area (TPSA) is 74.9 Å². The molecule has 6 rings (SSSR count). The maximum atomic E-state index is 14.5. The predicted octanol–water partition coefficient (Wildman–Crippen LogP) is 6.63. The number of likely N-dealkylation sites (tertiary alicyclic amines) is 1. The number of carbonyl (C=O) groups is 1. The second-order valence-electron chi connectivity index (χ2n) is 12.4. The number of hydrogen-bond acceptors (Lipinski definition) is 7. The third-order valence-electron chi connectivity index (χ3n) is 8.99. The highest BCUT2D eigenvalue weighted by Gasteiger charge is 2.50. The fraction of sp³-hybridized carbons (Fsp3) is 0.485. The van der Waals surface area contributed by atoms with Crippen LogP contribution in [0.25, 0.3) is 10.1 Å². The van der Waals surface area contributed by atoms with Crippen molar-refractivity contribution < 1.29 is 40.6 Å². The van der Waals surface area contributed by atoms with Gasteiger partial charge in [-0.2, -0.15) is 22.0 Å². The first kappa shape index (κ1) is 33.2. The minimum absolute atomic E-state index is 0.0618. The summed E-state index contributed by atoms with van der Waals surface area (Å²) >= 11 is 1.16. The minimum Gasteiger partial charge on any atom is -0.433 e. The molecule has 0 radical (unpaired) electrons. The summed E-state index contributed by atoms with van der Waals surface area (Å²) in [6.45, 7) is 0.429. The number of ether oxygens (including phenoxy) is 2. The van der Waals surface area contributed by atoms with Crippen LogP contribution in [-0.4, -0.2) is 75.6 Å². The number of benzene rings is 2. The molecule has 3 aliphatic rings. The van der Waals surface area contributed by atoms with Gasteiger partial charge in [-0.05, 0) is 48.8 Å². The third kappa shape index (κ3) is 7.42. The lowest BCUT2D eigenvalue weighted by atomic mass is 9.75. The van der Waals surface area contributed by atoms with Gasteiger partial charge in [-0.25, -0.2) is 4.39 Å². The van der Waals surface area contributed by atoms with Crippen LogP contribution in [-0.2, 0) is 11.2 Å². The summed E-state index contributed by atoms with van der Waals surface area (Å²) in [6.07, 6.45) is -1.61. The lowest BCUT2D eigenvalue weighted by Gasteiger charge is -2.58. The Morgan fingerprint density at radius 3 is 2.53 bits per heavy atom. The first-order chi connectivity index (χ1) is 22.4. The zero-order valence-corrected chi connectivity index (χ0v) is 26.4. The Balaban J connectivity index is 1.17.